The van der Waals surface area contributed by atoms with E-state index in [4.69, 9.17) is 5.11 Å². The van der Waals surface area contributed by atoms with Gasteiger partial charge in [-0.1, -0.05) is 6.92 Å². The summed E-state index contributed by atoms with van der Waals surface area (Å²) in [5, 5.41) is 17.9. The summed E-state index contributed by atoms with van der Waals surface area (Å²) in [6.45, 7) is 4.42. The summed E-state index contributed by atoms with van der Waals surface area (Å²) >= 11 is 1.41. The van der Waals surface area contributed by atoms with E-state index in [-0.39, 0.29) is 19.2 Å². The van der Waals surface area contributed by atoms with Crippen LogP contribution in [-0.4, -0.2) is 59.9 Å². The van der Waals surface area contributed by atoms with Crippen molar-refractivity contribution in [1.82, 2.24) is 20.2 Å². The van der Waals surface area contributed by atoms with Gasteiger partial charge >= 0.3 is 6.03 Å². The van der Waals surface area contributed by atoms with Crippen LogP contribution in [0.1, 0.15) is 22.3 Å². The Kier molecular flexibility index (Phi) is 8.69. The molecule has 0 radical (unpaired) electrons. The van der Waals surface area contributed by atoms with Gasteiger partial charge in [-0.15, -0.1) is 11.3 Å². The molecule has 3 heterocycles. The highest BCUT2D eigenvalue weighted by Crippen LogP contribution is 2.32. The van der Waals surface area contributed by atoms with E-state index in [9.17, 15) is 14.0 Å². The van der Waals surface area contributed by atoms with Gasteiger partial charge in [0.05, 0.1) is 32.9 Å². The average molecular weight is 486 g/mol. The number of pyridine rings is 1. The predicted molar refractivity (Wildman–Crippen MR) is 135 cm³/mol. The van der Waals surface area contributed by atoms with Crippen LogP contribution in [0.2, 0.25) is 0 Å². The molecule has 0 fully saturated rings. The molecule has 0 bridgehead atoms. The van der Waals surface area contributed by atoms with Crippen LogP contribution < -0.4 is 16.0 Å². The van der Waals surface area contributed by atoms with Gasteiger partial charge in [0.25, 0.3) is 0 Å². The number of aldehydes is 1. The zero-order chi connectivity index (χ0) is 24.7. The quantitative estimate of drug-likeness (QED) is 0.292. The van der Waals surface area contributed by atoms with Crippen LogP contribution in [0.3, 0.4) is 0 Å². The molecule has 1 aromatic carbocycles. The van der Waals surface area contributed by atoms with Gasteiger partial charge in [0.2, 0.25) is 0 Å². The van der Waals surface area contributed by atoms with Gasteiger partial charge < -0.3 is 21.1 Å². The largest absolute Gasteiger partial charge is 0.393 e. The van der Waals surface area contributed by atoms with Crippen molar-refractivity contribution < 1.29 is 19.1 Å². The highest BCUT2D eigenvalue weighted by molar-refractivity contribution is 7.21. The number of aliphatic hydroxyl groups is 1. The zero-order valence-corrected chi connectivity index (χ0v) is 20.1. The molecule has 0 saturated carbocycles. The fourth-order valence-electron chi connectivity index (χ4n) is 3.45. The molecule has 3 aromatic heterocycles. The maximum absolute atomic E-state index is 12.1. The summed E-state index contributed by atoms with van der Waals surface area (Å²) < 4.78 is 14.6. The van der Waals surface area contributed by atoms with E-state index >= 15 is 0 Å². The highest BCUT2D eigenvalue weighted by Gasteiger charge is 2.12. The summed E-state index contributed by atoms with van der Waals surface area (Å²) in [6, 6.07) is 11.3. The van der Waals surface area contributed by atoms with Crippen LogP contribution in [0, 0.1) is 6.92 Å². The fourth-order valence-corrected chi connectivity index (χ4v) is 4.35. The first kappa shape index (κ1) is 25.3. The second-order valence-electron chi connectivity index (χ2n) is 7.50. The number of alkyl halides is 1. The van der Waals surface area contributed by atoms with Crippen LogP contribution in [0.4, 0.5) is 20.6 Å². The molecular formula is C24H28FN5O3S. The molecule has 4 N–H and O–H groups in total. The lowest BCUT2D eigenvalue weighted by molar-refractivity contribution is 0.112. The van der Waals surface area contributed by atoms with E-state index in [1.54, 1.807) is 23.9 Å². The van der Waals surface area contributed by atoms with Crippen molar-refractivity contribution in [3.8, 4) is 0 Å². The number of rotatable bonds is 7. The topological polar surface area (TPSA) is 108 Å². The third kappa shape index (κ3) is 5.77. The van der Waals surface area contributed by atoms with Crippen LogP contribution in [0.15, 0.2) is 42.6 Å². The van der Waals surface area contributed by atoms with Crippen molar-refractivity contribution >= 4 is 56.1 Å². The Bertz CT molecular complexity index is 1290. The molecule has 1 amide bonds. The van der Waals surface area contributed by atoms with Gasteiger partial charge in [-0.05, 0) is 49.9 Å². The smallest absolute Gasteiger partial charge is 0.325 e. The molecule has 34 heavy (non-hydrogen) atoms. The normalized spacial score (nSPS) is 11.7. The minimum Gasteiger partial charge on any atom is -0.393 e. The molecule has 0 spiro atoms. The number of nitrogens with one attached hydrogen (secondary N) is 3. The molecule has 8 nitrogen and oxygen atoms in total. The van der Waals surface area contributed by atoms with Gasteiger partial charge in [-0.3, -0.25) is 14.3 Å². The van der Waals surface area contributed by atoms with Gasteiger partial charge in [-0.2, -0.15) is 0 Å². The summed E-state index contributed by atoms with van der Waals surface area (Å²) in [6.07, 6.45) is 1.46. The number of amides is 1. The summed E-state index contributed by atoms with van der Waals surface area (Å²) in [7, 11) is 1.62. The second-order valence-corrected chi connectivity index (χ2v) is 8.59. The number of aliphatic hydroxyl groups excluding tert-OH is 1. The van der Waals surface area contributed by atoms with E-state index in [0.717, 1.165) is 51.0 Å². The Morgan fingerprint density at radius 3 is 2.76 bits per heavy atom. The monoisotopic (exact) mass is 485 g/mol. The number of carbonyl (C=O) groups is 2. The minimum atomic E-state index is -1.10. The van der Waals surface area contributed by atoms with Crippen molar-refractivity contribution in [3.63, 3.8) is 0 Å². The van der Waals surface area contributed by atoms with Crippen LogP contribution in [0.5, 0.6) is 0 Å². The SMILES string of the molecule is CCNCC(F)CO.CNC(=O)n1c(C)cc2cc(Nc3ccnc4cc(C=O)sc34)ccc21. The zero-order valence-electron chi connectivity index (χ0n) is 19.3. The van der Waals surface area contributed by atoms with Crippen molar-refractivity contribution in [2.45, 2.75) is 20.0 Å². The summed E-state index contributed by atoms with van der Waals surface area (Å²) in [4.78, 5) is 28.1. The first-order chi connectivity index (χ1) is 16.4. The highest BCUT2D eigenvalue weighted by atomic mass is 32.1. The Balaban J connectivity index is 0.000000350. The third-order valence-electron chi connectivity index (χ3n) is 5.04. The number of hydrogen-bond donors (Lipinski definition) is 4. The maximum Gasteiger partial charge on any atom is 0.325 e. The van der Waals surface area contributed by atoms with Gasteiger partial charge in [0, 0.05) is 36.6 Å². The van der Waals surface area contributed by atoms with Crippen LogP contribution in [0.25, 0.3) is 21.1 Å². The number of halogens is 1. The summed E-state index contributed by atoms with van der Waals surface area (Å²) in [5.74, 6) is 0. The number of hydrogen-bond acceptors (Lipinski definition) is 7. The maximum atomic E-state index is 12.1. The van der Waals surface area contributed by atoms with Crippen LogP contribution >= 0.6 is 11.3 Å². The number of thiophene rings is 1. The van der Waals surface area contributed by atoms with E-state index < -0.39 is 6.17 Å². The van der Waals surface area contributed by atoms with E-state index in [1.807, 2.05) is 44.2 Å². The lowest BCUT2D eigenvalue weighted by atomic mass is 10.2. The lowest BCUT2D eigenvalue weighted by Gasteiger charge is -2.09. The molecule has 0 aliphatic carbocycles. The van der Waals surface area contributed by atoms with E-state index in [0.29, 0.717) is 4.88 Å². The number of aromatic nitrogens is 2. The molecule has 1 atom stereocenters. The average Bonchev–Trinajstić information content (AvgIpc) is 3.42. The van der Waals surface area contributed by atoms with E-state index in [1.165, 1.54) is 11.3 Å². The van der Waals surface area contributed by atoms with E-state index in [2.05, 4.69) is 20.9 Å². The number of nitrogens with zero attached hydrogens (tertiary/aromatic N) is 2. The first-order valence-electron chi connectivity index (χ1n) is 10.8. The van der Waals surface area contributed by atoms with Gasteiger partial charge in [0.15, 0.2) is 6.29 Å². The third-order valence-corrected chi connectivity index (χ3v) is 6.13. The molecule has 0 saturated heterocycles. The minimum absolute atomic E-state index is 0.158. The van der Waals surface area contributed by atoms with Crippen LogP contribution in [-0.2, 0) is 0 Å². The van der Waals surface area contributed by atoms with Crippen molar-refractivity contribution in [2.24, 2.45) is 0 Å². The number of anilines is 2. The molecule has 4 aromatic rings. The number of fused-ring (bicyclic) bond motifs is 2. The van der Waals surface area contributed by atoms with Crippen molar-refractivity contribution in [3.05, 3.63) is 53.2 Å². The first-order valence-corrected chi connectivity index (χ1v) is 11.6. The number of aryl methyl sites for hydroxylation is 1. The summed E-state index contributed by atoms with van der Waals surface area (Å²) in [5.41, 5.74) is 4.32. The molecule has 10 heteroatoms. The molecular weight excluding hydrogens is 457 g/mol. The number of carbonyl (C=O) groups excluding carboxylic acids is 2. The molecule has 1 unspecified atom stereocenters. The van der Waals surface area contributed by atoms with Gasteiger partial charge in [0.1, 0.15) is 6.17 Å². The standard InChI is InChI=1S/C19H16N4O2S.C5H12FNO/c1-11-7-12-8-13(3-4-17(12)23(11)19(25)20-2)22-15-5-6-21-16-9-14(10-24)26-18(15)16;1-2-7-3-5(6)4-8/h3-10H,1-2H3,(H,20,25)(H,21,22);5,7-8H,2-4H2,1H3. The van der Waals surface area contributed by atoms with Crippen molar-refractivity contribution in [2.75, 3.05) is 32.1 Å². The molecule has 0 aliphatic rings. The Morgan fingerprint density at radius 1 is 1.29 bits per heavy atom. The molecule has 0 aliphatic heterocycles. The Hall–Kier alpha value is -3.34. The lowest BCUT2D eigenvalue weighted by Crippen LogP contribution is -2.25. The Morgan fingerprint density at radius 2 is 2.09 bits per heavy atom. The number of benzene rings is 1. The van der Waals surface area contributed by atoms with Crippen molar-refractivity contribution in [1.29, 1.82) is 0 Å². The fraction of sp³-hybridized carbons (Fsp3) is 0.292. The predicted octanol–water partition coefficient (Wildman–Crippen LogP) is 4.23. The second kappa shape index (κ2) is 11.7. The Labute approximate surface area is 200 Å². The molecule has 180 valence electrons. The molecule has 4 rings (SSSR count). The van der Waals surface area contributed by atoms with Gasteiger partial charge in [-0.25, -0.2) is 9.18 Å².